The van der Waals surface area contributed by atoms with Crippen LogP contribution in [0.15, 0.2) is 84.1 Å². The van der Waals surface area contributed by atoms with Gasteiger partial charge in [0.25, 0.3) is 11.8 Å². The van der Waals surface area contributed by atoms with Gasteiger partial charge in [0.1, 0.15) is 11.7 Å². The normalized spacial score (nSPS) is 11.7. The van der Waals surface area contributed by atoms with Crippen LogP contribution in [-0.4, -0.2) is 27.6 Å². The average molecular weight is 522 g/mol. The van der Waals surface area contributed by atoms with Crippen LogP contribution in [0.5, 0.6) is 0 Å². The fraction of sp³-hybridized carbons (Fsp3) is 0.0385. The molecule has 0 aliphatic heterocycles. The van der Waals surface area contributed by atoms with Crippen molar-refractivity contribution in [3.63, 3.8) is 0 Å². The smallest absolute Gasteiger partial charge is 0.397 e. The van der Waals surface area contributed by atoms with Gasteiger partial charge in [0, 0.05) is 23.5 Å². The van der Waals surface area contributed by atoms with Crippen molar-refractivity contribution >= 4 is 29.0 Å². The van der Waals surface area contributed by atoms with Gasteiger partial charge >= 0.3 is 6.18 Å². The third-order valence-corrected chi connectivity index (χ3v) is 5.32. The van der Waals surface area contributed by atoms with Gasteiger partial charge in [0.05, 0.1) is 28.1 Å². The predicted molar refractivity (Wildman–Crippen MR) is 132 cm³/mol. The number of amidine groups is 1. The van der Waals surface area contributed by atoms with Crippen molar-refractivity contribution in [3.8, 4) is 11.4 Å². The lowest BCUT2D eigenvalue weighted by atomic mass is 10.0. The van der Waals surface area contributed by atoms with Crippen LogP contribution in [0.2, 0.25) is 0 Å². The first kappa shape index (κ1) is 25.9. The maximum absolute atomic E-state index is 14.9. The number of amides is 2. The van der Waals surface area contributed by atoms with Crippen LogP contribution in [0.4, 0.5) is 28.9 Å². The Hall–Kier alpha value is -5.13. The second-order valence-corrected chi connectivity index (χ2v) is 7.83. The van der Waals surface area contributed by atoms with Gasteiger partial charge in [0.2, 0.25) is 0 Å². The van der Waals surface area contributed by atoms with Crippen molar-refractivity contribution in [1.82, 2.24) is 15.3 Å². The number of hydrogen-bond acceptors (Lipinski definition) is 6. The summed E-state index contributed by atoms with van der Waals surface area (Å²) < 4.78 is 56.0. The van der Waals surface area contributed by atoms with Gasteiger partial charge in [-0.15, -0.1) is 0 Å². The van der Waals surface area contributed by atoms with E-state index in [1.807, 2.05) is 0 Å². The van der Waals surface area contributed by atoms with Crippen LogP contribution >= 0.6 is 0 Å². The average Bonchev–Trinajstić information content (AvgIpc) is 2.88. The Kier molecular flexibility index (Phi) is 7.15. The lowest BCUT2D eigenvalue weighted by Crippen LogP contribution is -2.33. The molecule has 12 heteroatoms. The molecule has 3 aromatic carbocycles. The molecule has 1 heterocycles. The van der Waals surface area contributed by atoms with Crippen molar-refractivity contribution in [2.45, 2.75) is 6.18 Å². The molecule has 4 aromatic rings. The van der Waals surface area contributed by atoms with Gasteiger partial charge in [-0.3, -0.25) is 9.59 Å². The lowest BCUT2D eigenvalue weighted by Gasteiger charge is -2.16. The summed E-state index contributed by atoms with van der Waals surface area (Å²) in [4.78, 5) is 37.0. The second kappa shape index (κ2) is 10.5. The van der Waals surface area contributed by atoms with Crippen LogP contribution in [0.1, 0.15) is 31.8 Å². The Morgan fingerprint density at radius 2 is 1.53 bits per heavy atom. The first-order valence-electron chi connectivity index (χ1n) is 10.9. The molecule has 0 radical (unpaired) electrons. The third-order valence-electron chi connectivity index (χ3n) is 5.32. The van der Waals surface area contributed by atoms with Gasteiger partial charge in [-0.1, -0.05) is 24.3 Å². The first-order valence-corrected chi connectivity index (χ1v) is 10.9. The number of alkyl halides is 3. The minimum absolute atomic E-state index is 0.0540. The Morgan fingerprint density at radius 1 is 0.868 bits per heavy atom. The highest BCUT2D eigenvalue weighted by molar-refractivity contribution is 6.17. The van der Waals surface area contributed by atoms with Crippen molar-refractivity contribution in [2.75, 3.05) is 5.73 Å². The molecule has 0 saturated carbocycles. The molecule has 0 bridgehead atoms. The number of hydrogen-bond donors (Lipinski definition) is 3. The molecule has 0 spiro atoms. The van der Waals surface area contributed by atoms with Crippen molar-refractivity contribution in [3.05, 3.63) is 107 Å². The Balaban J connectivity index is 1.84. The molecule has 0 unspecified atom stereocenters. The fourth-order valence-corrected chi connectivity index (χ4v) is 3.55. The van der Waals surface area contributed by atoms with E-state index < -0.39 is 40.5 Å². The summed E-state index contributed by atoms with van der Waals surface area (Å²) in [5.74, 6) is -3.96. The molecule has 5 N–H and O–H groups in total. The molecule has 192 valence electrons. The van der Waals surface area contributed by atoms with E-state index >= 15 is 0 Å². The molecule has 2 amide bonds. The summed E-state index contributed by atoms with van der Waals surface area (Å²) in [6, 6.07) is 14.8. The summed E-state index contributed by atoms with van der Waals surface area (Å²) >= 11 is 0. The number of carbonyl (C=O) groups excluding carboxylic acids is 2. The molecule has 0 atom stereocenters. The molecule has 0 aliphatic carbocycles. The van der Waals surface area contributed by atoms with Gasteiger partial charge in [-0.2, -0.15) is 13.2 Å². The highest BCUT2D eigenvalue weighted by Gasteiger charge is 2.36. The Labute approximate surface area is 213 Å². The maximum Gasteiger partial charge on any atom is 0.417 e. The number of primary amides is 1. The number of nitrogens with one attached hydrogen (secondary N) is 1. The predicted octanol–water partition coefficient (Wildman–Crippen LogP) is 4.49. The van der Waals surface area contributed by atoms with Gasteiger partial charge in [-0.05, 0) is 42.5 Å². The van der Waals surface area contributed by atoms with E-state index in [4.69, 9.17) is 11.5 Å². The number of aliphatic imine (C=N–C) groups is 1. The second-order valence-electron chi connectivity index (χ2n) is 7.83. The van der Waals surface area contributed by atoms with E-state index in [0.29, 0.717) is 11.8 Å². The number of anilines is 1. The molecule has 38 heavy (non-hydrogen) atoms. The standard InChI is InChI=1S/C26H18F4N6O2/c27-20-13-19(26(28,29)30)17(23-33-10-5-11-34-23)12-18(20)25(38)36-24(35-14-6-2-1-3-7-14)16-9-4-8-15(21(16)31)22(32)37/h1-13H,31H2,(H2,32,37)(H,35,36,38). The molecular formula is C26H18F4N6O2. The summed E-state index contributed by atoms with van der Waals surface area (Å²) in [5.41, 5.74) is 9.07. The molecule has 8 nitrogen and oxygen atoms in total. The minimum atomic E-state index is -4.95. The Bertz CT molecular complexity index is 1540. The number of para-hydroxylation sites is 2. The minimum Gasteiger partial charge on any atom is -0.397 e. The number of nitrogens with two attached hydrogens (primary N) is 2. The SMILES string of the molecule is NC(=O)c1cccc(C(=Nc2ccccc2)NC(=O)c2cc(-c3ncccn3)c(C(F)(F)F)cc2F)c1N. The van der Waals surface area contributed by atoms with Gasteiger partial charge < -0.3 is 16.8 Å². The number of halogens is 4. The van der Waals surface area contributed by atoms with E-state index in [1.165, 1.54) is 36.7 Å². The highest BCUT2D eigenvalue weighted by atomic mass is 19.4. The molecular weight excluding hydrogens is 504 g/mol. The van der Waals surface area contributed by atoms with E-state index in [0.717, 1.165) is 0 Å². The number of nitrogens with zero attached hydrogens (tertiary/aromatic N) is 3. The summed E-state index contributed by atoms with van der Waals surface area (Å²) in [7, 11) is 0. The first-order chi connectivity index (χ1) is 18.1. The zero-order chi connectivity index (χ0) is 27.4. The number of rotatable bonds is 5. The summed E-state index contributed by atoms with van der Waals surface area (Å²) in [6.45, 7) is 0. The Morgan fingerprint density at radius 3 is 2.16 bits per heavy atom. The van der Waals surface area contributed by atoms with Gasteiger partial charge in [0.15, 0.2) is 5.82 Å². The number of nitrogen functional groups attached to an aromatic ring is 1. The third kappa shape index (κ3) is 5.48. The number of carbonyl (C=O) groups is 2. The van der Waals surface area contributed by atoms with Crippen LogP contribution < -0.4 is 16.8 Å². The molecule has 0 saturated heterocycles. The molecule has 0 fully saturated rings. The quantitative estimate of drug-likeness (QED) is 0.154. The molecule has 0 aliphatic rings. The van der Waals surface area contributed by atoms with Crippen molar-refractivity contribution in [2.24, 2.45) is 10.7 Å². The monoisotopic (exact) mass is 522 g/mol. The van der Waals surface area contributed by atoms with Crippen LogP contribution in [0, 0.1) is 5.82 Å². The van der Waals surface area contributed by atoms with Gasteiger partial charge in [-0.25, -0.2) is 19.4 Å². The summed E-state index contributed by atoms with van der Waals surface area (Å²) in [5, 5.41) is 2.40. The molecule has 4 rings (SSSR count). The topological polar surface area (TPSA) is 136 Å². The van der Waals surface area contributed by atoms with Crippen molar-refractivity contribution < 1.29 is 27.2 Å². The zero-order valence-corrected chi connectivity index (χ0v) is 19.3. The van der Waals surface area contributed by atoms with E-state index in [2.05, 4.69) is 20.3 Å². The number of aromatic nitrogens is 2. The number of benzene rings is 3. The summed E-state index contributed by atoms with van der Waals surface area (Å²) in [6.07, 6.45) is -2.52. The van der Waals surface area contributed by atoms with Crippen LogP contribution in [0.25, 0.3) is 11.4 Å². The van der Waals surface area contributed by atoms with Crippen molar-refractivity contribution in [1.29, 1.82) is 0 Å². The van der Waals surface area contributed by atoms with Crippen LogP contribution in [0.3, 0.4) is 0 Å². The zero-order valence-electron chi connectivity index (χ0n) is 19.3. The molecule has 1 aromatic heterocycles. The van der Waals surface area contributed by atoms with Crippen LogP contribution in [-0.2, 0) is 6.18 Å². The maximum atomic E-state index is 14.9. The largest absolute Gasteiger partial charge is 0.417 e. The van der Waals surface area contributed by atoms with E-state index in [9.17, 15) is 27.2 Å². The highest BCUT2D eigenvalue weighted by Crippen LogP contribution is 2.37. The fourth-order valence-electron chi connectivity index (χ4n) is 3.55. The van der Waals surface area contributed by atoms with E-state index in [1.54, 1.807) is 30.3 Å². The lowest BCUT2D eigenvalue weighted by molar-refractivity contribution is -0.137. The van der Waals surface area contributed by atoms with E-state index in [-0.39, 0.29) is 34.5 Å².